The maximum Gasteiger partial charge on any atom is 0.0991 e. The van der Waals surface area contributed by atoms with Crippen LogP contribution in [0.4, 0.5) is 0 Å². The van der Waals surface area contributed by atoms with Crippen LogP contribution in [0.2, 0.25) is 0 Å². The Morgan fingerprint density at radius 1 is 0.383 bits per heavy atom. The molecule has 216 valence electrons. The van der Waals surface area contributed by atoms with Crippen molar-refractivity contribution < 1.29 is 0 Å². The lowest BCUT2D eigenvalue weighted by atomic mass is 9.89. The average Bonchev–Trinajstić information content (AvgIpc) is 3.46. The van der Waals surface area contributed by atoms with E-state index in [4.69, 9.17) is 0 Å². The molecule has 2 nitrogen and oxygen atoms in total. The number of nitriles is 1. The fraction of sp³-hybridized carbons (Fsp3) is 0. The molecule has 1 aromatic heterocycles. The second-order valence-electron chi connectivity index (χ2n) is 12.5. The summed E-state index contributed by atoms with van der Waals surface area (Å²) in [6.07, 6.45) is 0. The van der Waals surface area contributed by atoms with Crippen molar-refractivity contribution in [3.63, 3.8) is 0 Å². The fourth-order valence-electron chi connectivity index (χ4n) is 7.67. The Bertz CT molecular complexity index is 2840. The highest BCUT2D eigenvalue weighted by Crippen LogP contribution is 2.41. The van der Waals surface area contributed by atoms with Crippen molar-refractivity contribution in [2.45, 2.75) is 0 Å². The predicted molar refractivity (Wildman–Crippen MR) is 198 cm³/mol. The third kappa shape index (κ3) is 3.91. The van der Waals surface area contributed by atoms with Gasteiger partial charge in [-0.1, -0.05) is 91.0 Å². The molecular weight excluding hydrogens is 569 g/mol. The van der Waals surface area contributed by atoms with E-state index in [2.05, 4.69) is 150 Å². The number of para-hydroxylation sites is 1. The second-order valence-corrected chi connectivity index (χ2v) is 12.5. The molecule has 0 spiro atoms. The Kier molecular flexibility index (Phi) is 5.38. The van der Waals surface area contributed by atoms with Crippen LogP contribution in [0.25, 0.3) is 92.8 Å². The first-order valence-corrected chi connectivity index (χ1v) is 16.0. The van der Waals surface area contributed by atoms with Crippen LogP contribution in [0.3, 0.4) is 0 Å². The SMILES string of the molecule is N#Cc1ccc2c(c1)c1ccc(-c3cc4ccc5cc(-c6ccc7ccccc7c6)cc6ccc(c3)c4c56)cc1n2-c1ccccc1. The highest BCUT2D eigenvalue weighted by Gasteiger charge is 2.16. The van der Waals surface area contributed by atoms with Crippen molar-refractivity contribution >= 4 is 64.9 Å². The summed E-state index contributed by atoms with van der Waals surface area (Å²) in [5.74, 6) is 0. The molecule has 0 N–H and O–H groups in total. The quantitative estimate of drug-likeness (QED) is 0.187. The second kappa shape index (κ2) is 9.78. The predicted octanol–water partition coefficient (Wildman–Crippen LogP) is 12.0. The molecule has 0 fully saturated rings. The van der Waals surface area contributed by atoms with Crippen molar-refractivity contribution in [1.82, 2.24) is 4.57 Å². The average molecular weight is 595 g/mol. The summed E-state index contributed by atoms with van der Waals surface area (Å²) in [5, 5.41) is 22.1. The molecule has 0 aliphatic heterocycles. The lowest BCUT2D eigenvalue weighted by Gasteiger charge is -2.15. The van der Waals surface area contributed by atoms with Gasteiger partial charge in [0.15, 0.2) is 0 Å². The minimum Gasteiger partial charge on any atom is -0.309 e. The van der Waals surface area contributed by atoms with Gasteiger partial charge in [-0.05, 0) is 132 Å². The number of nitrogens with zero attached hydrogens (tertiary/aromatic N) is 2. The van der Waals surface area contributed by atoms with Crippen molar-refractivity contribution in [2.75, 3.05) is 0 Å². The van der Waals surface area contributed by atoms with E-state index in [1.54, 1.807) is 0 Å². The lowest BCUT2D eigenvalue weighted by Crippen LogP contribution is -1.93. The summed E-state index contributed by atoms with van der Waals surface area (Å²) in [6.45, 7) is 0. The van der Waals surface area contributed by atoms with Crippen LogP contribution in [0, 0.1) is 11.3 Å². The largest absolute Gasteiger partial charge is 0.309 e. The molecule has 2 heteroatoms. The van der Waals surface area contributed by atoms with Gasteiger partial charge in [0.25, 0.3) is 0 Å². The Balaban J connectivity index is 1.15. The van der Waals surface area contributed by atoms with Gasteiger partial charge in [-0.15, -0.1) is 0 Å². The summed E-state index contributed by atoms with van der Waals surface area (Å²) in [6, 6.07) is 59.3. The third-order valence-electron chi connectivity index (χ3n) is 9.86. The molecule has 9 aromatic carbocycles. The first kappa shape index (κ1) is 25.9. The molecule has 0 atom stereocenters. The first-order chi connectivity index (χ1) is 23.2. The number of aromatic nitrogens is 1. The third-order valence-corrected chi connectivity index (χ3v) is 9.86. The van der Waals surface area contributed by atoms with E-state index in [-0.39, 0.29) is 0 Å². The van der Waals surface area contributed by atoms with Crippen molar-refractivity contribution in [3.8, 4) is 34.0 Å². The Hall–Kier alpha value is -6.43. The van der Waals surface area contributed by atoms with Crippen LogP contribution >= 0.6 is 0 Å². The van der Waals surface area contributed by atoms with Gasteiger partial charge in [0.05, 0.1) is 22.7 Å². The van der Waals surface area contributed by atoms with Gasteiger partial charge < -0.3 is 4.57 Å². The topological polar surface area (TPSA) is 28.7 Å². The number of hydrogen-bond donors (Lipinski definition) is 0. The summed E-state index contributed by atoms with van der Waals surface area (Å²) in [4.78, 5) is 0. The Labute approximate surface area is 271 Å². The molecule has 0 radical (unpaired) electrons. The van der Waals surface area contributed by atoms with Crippen molar-refractivity contribution in [3.05, 3.63) is 163 Å². The molecule has 0 saturated carbocycles. The van der Waals surface area contributed by atoms with Gasteiger partial charge in [0.2, 0.25) is 0 Å². The van der Waals surface area contributed by atoms with E-state index in [1.165, 1.54) is 65.3 Å². The highest BCUT2D eigenvalue weighted by molar-refractivity contribution is 6.24. The van der Waals surface area contributed by atoms with Gasteiger partial charge >= 0.3 is 0 Å². The van der Waals surface area contributed by atoms with E-state index in [0.29, 0.717) is 5.56 Å². The Morgan fingerprint density at radius 3 is 1.60 bits per heavy atom. The van der Waals surface area contributed by atoms with E-state index < -0.39 is 0 Å². The maximum atomic E-state index is 9.63. The molecule has 0 unspecified atom stereocenters. The number of fused-ring (bicyclic) bond motifs is 4. The minimum absolute atomic E-state index is 0.671. The normalized spacial score (nSPS) is 11.8. The van der Waals surface area contributed by atoms with Gasteiger partial charge in [0.1, 0.15) is 0 Å². The molecule has 0 aliphatic rings. The smallest absolute Gasteiger partial charge is 0.0991 e. The zero-order valence-electron chi connectivity index (χ0n) is 25.4. The summed E-state index contributed by atoms with van der Waals surface area (Å²) in [5.41, 5.74) is 8.85. The Morgan fingerprint density at radius 2 is 0.936 bits per heavy atom. The lowest BCUT2D eigenvalue weighted by molar-refractivity contribution is 1.18. The molecular formula is C45H26N2. The van der Waals surface area contributed by atoms with Crippen LogP contribution < -0.4 is 0 Å². The molecule has 0 aliphatic carbocycles. The first-order valence-electron chi connectivity index (χ1n) is 16.0. The number of hydrogen-bond acceptors (Lipinski definition) is 1. The van der Waals surface area contributed by atoms with E-state index in [1.807, 2.05) is 18.2 Å². The molecule has 10 rings (SSSR count). The molecule has 0 saturated heterocycles. The van der Waals surface area contributed by atoms with Gasteiger partial charge in [-0.2, -0.15) is 5.26 Å². The van der Waals surface area contributed by atoms with Crippen LogP contribution in [0.1, 0.15) is 5.56 Å². The number of rotatable bonds is 3. The number of benzene rings is 9. The summed E-state index contributed by atoms with van der Waals surface area (Å²) >= 11 is 0. The molecule has 10 aromatic rings. The van der Waals surface area contributed by atoms with Crippen LogP contribution in [-0.2, 0) is 0 Å². The summed E-state index contributed by atoms with van der Waals surface area (Å²) < 4.78 is 2.31. The van der Waals surface area contributed by atoms with Gasteiger partial charge in [0, 0.05) is 16.5 Å². The van der Waals surface area contributed by atoms with Gasteiger partial charge in [-0.3, -0.25) is 0 Å². The standard InChI is InChI=1S/C45H26N2/c46-27-28-10-19-42-41(20-28)40-18-17-32(26-43(40)47(42)39-8-2-1-3-9-39)38-24-35-15-13-33-22-37(23-34-14-16-36(25-38)45(35)44(33)34)31-12-11-29-6-4-5-7-30(29)21-31/h1-26H. The zero-order chi connectivity index (χ0) is 31.1. The minimum atomic E-state index is 0.671. The van der Waals surface area contributed by atoms with Crippen molar-refractivity contribution in [2.24, 2.45) is 0 Å². The monoisotopic (exact) mass is 594 g/mol. The fourth-order valence-corrected chi connectivity index (χ4v) is 7.67. The van der Waals surface area contributed by atoms with Crippen LogP contribution in [0.5, 0.6) is 0 Å². The highest BCUT2D eigenvalue weighted by atomic mass is 15.0. The van der Waals surface area contributed by atoms with E-state index >= 15 is 0 Å². The van der Waals surface area contributed by atoms with E-state index in [0.717, 1.165) is 27.5 Å². The van der Waals surface area contributed by atoms with Crippen LogP contribution in [0.15, 0.2) is 158 Å². The molecule has 0 amide bonds. The summed E-state index contributed by atoms with van der Waals surface area (Å²) in [7, 11) is 0. The van der Waals surface area contributed by atoms with Crippen LogP contribution in [-0.4, -0.2) is 4.57 Å². The zero-order valence-corrected chi connectivity index (χ0v) is 25.4. The van der Waals surface area contributed by atoms with E-state index in [9.17, 15) is 5.26 Å². The molecule has 47 heavy (non-hydrogen) atoms. The molecule has 0 bridgehead atoms. The van der Waals surface area contributed by atoms with Crippen molar-refractivity contribution in [1.29, 1.82) is 5.26 Å². The molecule has 1 heterocycles. The maximum absolute atomic E-state index is 9.63. The van der Waals surface area contributed by atoms with Gasteiger partial charge in [-0.25, -0.2) is 0 Å².